The number of carboxylic acid groups (broad SMARTS) is 1. The molecule has 4 heteroatoms. The molecule has 0 saturated heterocycles. The molecule has 1 aromatic carbocycles. The molecule has 0 bridgehead atoms. The molecule has 0 fully saturated rings. The summed E-state index contributed by atoms with van der Waals surface area (Å²) < 4.78 is 13.3. The molecule has 0 aliphatic carbocycles. The van der Waals surface area contributed by atoms with Crippen molar-refractivity contribution in [3.05, 3.63) is 34.6 Å². The summed E-state index contributed by atoms with van der Waals surface area (Å²) in [5.41, 5.74) is 0.600. The second-order valence-electron chi connectivity index (χ2n) is 3.69. The summed E-state index contributed by atoms with van der Waals surface area (Å²) in [4.78, 5) is 10.3. The quantitative estimate of drug-likeness (QED) is 0.776. The Balaban J connectivity index is 2.31. The molecule has 1 rings (SSSR count). The van der Waals surface area contributed by atoms with Gasteiger partial charge < -0.3 is 5.11 Å². The largest absolute Gasteiger partial charge is 0.481 e. The van der Waals surface area contributed by atoms with Crippen LogP contribution in [0.25, 0.3) is 0 Å². The molecule has 0 atom stereocenters. The molecule has 2 nitrogen and oxygen atoms in total. The summed E-state index contributed by atoms with van der Waals surface area (Å²) in [6, 6.07) is 4.49. The lowest BCUT2D eigenvalue weighted by molar-refractivity contribution is -0.137. The van der Waals surface area contributed by atoms with Crippen LogP contribution >= 0.6 is 11.6 Å². The van der Waals surface area contributed by atoms with E-state index < -0.39 is 5.97 Å². The molecule has 0 spiro atoms. The molecule has 0 amide bonds. The maximum absolute atomic E-state index is 13.3. The van der Waals surface area contributed by atoms with E-state index >= 15 is 0 Å². The van der Waals surface area contributed by atoms with E-state index in [1.807, 2.05) is 0 Å². The third kappa shape index (κ3) is 4.62. The highest BCUT2D eigenvalue weighted by Gasteiger charge is 2.03. The van der Waals surface area contributed by atoms with E-state index in [2.05, 4.69) is 0 Å². The lowest BCUT2D eigenvalue weighted by Gasteiger charge is -2.03. The van der Waals surface area contributed by atoms with Crippen molar-refractivity contribution < 1.29 is 14.3 Å². The zero-order valence-electron chi connectivity index (χ0n) is 8.88. The van der Waals surface area contributed by atoms with Crippen molar-refractivity contribution in [3.8, 4) is 0 Å². The first kappa shape index (κ1) is 13.0. The summed E-state index contributed by atoms with van der Waals surface area (Å²) in [5.74, 6) is -1.03. The molecular weight excluding hydrogens is 231 g/mol. The Hall–Kier alpha value is -1.09. The molecule has 1 N–H and O–H groups in total. The van der Waals surface area contributed by atoms with E-state index in [-0.39, 0.29) is 12.2 Å². The normalized spacial score (nSPS) is 10.4. The smallest absolute Gasteiger partial charge is 0.303 e. The van der Waals surface area contributed by atoms with Gasteiger partial charge in [-0.25, -0.2) is 4.39 Å². The second-order valence-corrected chi connectivity index (χ2v) is 4.13. The Labute approximate surface area is 99.0 Å². The van der Waals surface area contributed by atoms with Crippen LogP contribution in [0.4, 0.5) is 4.39 Å². The fourth-order valence-electron chi connectivity index (χ4n) is 1.50. The van der Waals surface area contributed by atoms with Gasteiger partial charge in [-0.3, -0.25) is 4.79 Å². The van der Waals surface area contributed by atoms with Crippen LogP contribution in [0.2, 0.25) is 5.02 Å². The minimum absolute atomic E-state index is 0.179. The Bertz CT molecular complexity index is 366. The van der Waals surface area contributed by atoms with Crippen molar-refractivity contribution in [2.75, 3.05) is 0 Å². The highest BCUT2D eigenvalue weighted by atomic mass is 35.5. The van der Waals surface area contributed by atoms with Crippen molar-refractivity contribution in [1.29, 1.82) is 0 Å². The van der Waals surface area contributed by atoms with E-state index in [0.717, 1.165) is 12.8 Å². The van der Waals surface area contributed by atoms with Crippen molar-refractivity contribution in [2.45, 2.75) is 32.1 Å². The summed E-state index contributed by atoms with van der Waals surface area (Å²) >= 11 is 5.75. The van der Waals surface area contributed by atoms with Gasteiger partial charge in [-0.15, -0.1) is 0 Å². The van der Waals surface area contributed by atoms with Gasteiger partial charge in [0.2, 0.25) is 0 Å². The van der Waals surface area contributed by atoms with Gasteiger partial charge in [-0.2, -0.15) is 0 Å². The standard InChI is InChI=1S/C12H14ClFO2/c13-10-6-7-11(14)9(8-10)4-2-1-3-5-12(15)16/h6-8H,1-5H2,(H,15,16). The fraction of sp³-hybridized carbons (Fsp3) is 0.417. The lowest BCUT2D eigenvalue weighted by Crippen LogP contribution is -1.95. The monoisotopic (exact) mass is 244 g/mol. The second kappa shape index (κ2) is 6.48. The molecule has 88 valence electrons. The summed E-state index contributed by atoms with van der Waals surface area (Å²) in [5, 5.41) is 8.96. The van der Waals surface area contributed by atoms with Gasteiger partial charge in [0.25, 0.3) is 0 Å². The number of aliphatic carboxylic acids is 1. The van der Waals surface area contributed by atoms with Crippen LogP contribution in [0.3, 0.4) is 0 Å². The average Bonchev–Trinajstić information content (AvgIpc) is 2.22. The Morgan fingerprint density at radius 1 is 1.31 bits per heavy atom. The fourth-order valence-corrected chi connectivity index (χ4v) is 1.70. The topological polar surface area (TPSA) is 37.3 Å². The molecule has 0 aromatic heterocycles. The summed E-state index contributed by atoms with van der Waals surface area (Å²) in [6.07, 6.45) is 2.99. The van der Waals surface area contributed by atoms with Crippen LogP contribution in [0.15, 0.2) is 18.2 Å². The third-order valence-corrected chi connectivity index (χ3v) is 2.58. The van der Waals surface area contributed by atoms with Gasteiger partial charge in [0.05, 0.1) is 0 Å². The van der Waals surface area contributed by atoms with E-state index in [1.165, 1.54) is 12.1 Å². The average molecular weight is 245 g/mol. The number of benzene rings is 1. The van der Waals surface area contributed by atoms with Crippen molar-refractivity contribution in [1.82, 2.24) is 0 Å². The highest BCUT2D eigenvalue weighted by molar-refractivity contribution is 6.30. The number of aryl methyl sites for hydroxylation is 1. The van der Waals surface area contributed by atoms with Crippen molar-refractivity contribution in [3.63, 3.8) is 0 Å². The van der Waals surface area contributed by atoms with Crippen LogP contribution in [-0.2, 0) is 11.2 Å². The molecule has 0 aliphatic rings. The number of unbranched alkanes of at least 4 members (excludes halogenated alkanes) is 2. The van der Waals surface area contributed by atoms with Crippen LogP contribution in [0.5, 0.6) is 0 Å². The van der Waals surface area contributed by atoms with Crippen LogP contribution in [0.1, 0.15) is 31.2 Å². The van der Waals surface area contributed by atoms with Crippen molar-refractivity contribution in [2.24, 2.45) is 0 Å². The van der Waals surface area contributed by atoms with Crippen molar-refractivity contribution >= 4 is 17.6 Å². The molecular formula is C12H14ClFO2. The van der Waals surface area contributed by atoms with E-state index in [0.29, 0.717) is 23.4 Å². The molecule has 0 saturated carbocycles. The van der Waals surface area contributed by atoms with Gasteiger partial charge in [-0.05, 0) is 43.0 Å². The zero-order valence-corrected chi connectivity index (χ0v) is 9.63. The molecule has 1 aromatic rings. The summed E-state index contributed by atoms with van der Waals surface area (Å²) in [7, 11) is 0. The van der Waals surface area contributed by atoms with Gasteiger partial charge in [0.1, 0.15) is 5.82 Å². The first-order chi connectivity index (χ1) is 7.59. The first-order valence-electron chi connectivity index (χ1n) is 5.25. The number of hydrogen-bond donors (Lipinski definition) is 1. The van der Waals surface area contributed by atoms with Gasteiger partial charge >= 0.3 is 5.97 Å². The Morgan fingerprint density at radius 3 is 2.75 bits per heavy atom. The van der Waals surface area contributed by atoms with Gasteiger partial charge in [0.15, 0.2) is 0 Å². The molecule has 0 heterocycles. The SMILES string of the molecule is O=C(O)CCCCCc1cc(Cl)ccc1F. The van der Waals surface area contributed by atoms with Crippen LogP contribution < -0.4 is 0 Å². The molecule has 0 unspecified atom stereocenters. The van der Waals surface area contributed by atoms with E-state index in [9.17, 15) is 9.18 Å². The maximum atomic E-state index is 13.3. The first-order valence-corrected chi connectivity index (χ1v) is 5.63. The van der Waals surface area contributed by atoms with Crippen LogP contribution in [0, 0.1) is 5.82 Å². The maximum Gasteiger partial charge on any atom is 0.303 e. The molecule has 0 radical (unpaired) electrons. The molecule has 0 aliphatic heterocycles. The highest BCUT2D eigenvalue weighted by Crippen LogP contribution is 2.17. The van der Waals surface area contributed by atoms with Gasteiger partial charge in [-0.1, -0.05) is 18.0 Å². The predicted octanol–water partition coefficient (Wildman–Crippen LogP) is 3.67. The number of carboxylic acids is 1. The Morgan fingerprint density at radius 2 is 2.06 bits per heavy atom. The number of hydrogen-bond acceptors (Lipinski definition) is 1. The predicted molar refractivity (Wildman–Crippen MR) is 61.2 cm³/mol. The number of carbonyl (C=O) groups is 1. The minimum atomic E-state index is -0.783. The Kier molecular flexibility index (Phi) is 5.26. The third-order valence-electron chi connectivity index (χ3n) is 2.34. The number of halogens is 2. The van der Waals surface area contributed by atoms with E-state index in [1.54, 1.807) is 6.07 Å². The van der Waals surface area contributed by atoms with E-state index in [4.69, 9.17) is 16.7 Å². The minimum Gasteiger partial charge on any atom is -0.481 e. The number of rotatable bonds is 6. The summed E-state index contributed by atoms with van der Waals surface area (Å²) in [6.45, 7) is 0. The van der Waals surface area contributed by atoms with Gasteiger partial charge in [0, 0.05) is 11.4 Å². The zero-order chi connectivity index (χ0) is 12.0. The molecule has 16 heavy (non-hydrogen) atoms. The lowest BCUT2D eigenvalue weighted by atomic mass is 10.1. The van der Waals surface area contributed by atoms with Crippen LogP contribution in [-0.4, -0.2) is 11.1 Å².